The Labute approximate surface area is 76.4 Å². The minimum absolute atomic E-state index is 0.0936. The summed E-state index contributed by atoms with van der Waals surface area (Å²) in [5.41, 5.74) is 0. The summed E-state index contributed by atoms with van der Waals surface area (Å²) in [5.74, 6) is 0. The van der Waals surface area contributed by atoms with E-state index in [9.17, 15) is 5.11 Å². The lowest BCUT2D eigenvalue weighted by molar-refractivity contribution is -0.113. The summed E-state index contributed by atoms with van der Waals surface area (Å²) in [6.07, 6.45) is -5.65. The number of hydrogen-bond acceptors (Lipinski definition) is 6. The predicted molar refractivity (Wildman–Crippen MR) is 45.0 cm³/mol. The van der Waals surface area contributed by atoms with Crippen molar-refractivity contribution < 1.29 is 25.5 Å². The molecule has 13 heavy (non-hydrogen) atoms. The summed E-state index contributed by atoms with van der Waals surface area (Å²) in [4.78, 5) is 0. The van der Waals surface area contributed by atoms with Crippen LogP contribution in [0.2, 0.25) is 0 Å². The number of aliphatic hydroxyl groups is 5. The maximum atomic E-state index is 9.21. The van der Waals surface area contributed by atoms with E-state index in [0.29, 0.717) is 0 Å². The molecule has 0 aromatic heterocycles. The van der Waals surface area contributed by atoms with E-state index in [4.69, 9.17) is 20.4 Å². The summed E-state index contributed by atoms with van der Waals surface area (Å²) < 4.78 is 0. The van der Waals surface area contributed by atoms with Crippen LogP contribution in [0.3, 0.4) is 0 Å². The van der Waals surface area contributed by atoms with Gasteiger partial charge in [0.2, 0.25) is 0 Å². The summed E-state index contributed by atoms with van der Waals surface area (Å²) in [6.45, 7) is -0.569. The second kappa shape index (κ2) is 6.25. The van der Waals surface area contributed by atoms with Gasteiger partial charge in [-0.3, -0.25) is 0 Å². The van der Waals surface area contributed by atoms with Crippen LogP contribution in [0.5, 0.6) is 0 Å². The zero-order chi connectivity index (χ0) is 10.4. The van der Waals surface area contributed by atoms with Gasteiger partial charge in [-0.05, 0) is 7.05 Å². The fourth-order valence-electron chi connectivity index (χ4n) is 0.893. The van der Waals surface area contributed by atoms with Crippen LogP contribution in [0.4, 0.5) is 0 Å². The van der Waals surface area contributed by atoms with E-state index in [-0.39, 0.29) is 6.54 Å². The summed E-state index contributed by atoms with van der Waals surface area (Å²) in [7, 11) is 1.57. The molecule has 0 fully saturated rings. The monoisotopic (exact) mass is 195 g/mol. The highest BCUT2D eigenvalue weighted by molar-refractivity contribution is 4.81. The van der Waals surface area contributed by atoms with E-state index in [1.54, 1.807) is 7.05 Å². The first kappa shape index (κ1) is 12.8. The van der Waals surface area contributed by atoms with Gasteiger partial charge in [-0.2, -0.15) is 0 Å². The third-order valence-electron chi connectivity index (χ3n) is 1.74. The first-order chi connectivity index (χ1) is 6.04. The summed E-state index contributed by atoms with van der Waals surface area (Å²) in [6, 6.07) is 0. The predicted octanol–water partition coefficient (Wildman–Crippen LogP) is -3.36. The van der Waals surface area contributed by atoms with Crippen molar-refractivity contribution in [3.8, 4) is 0 Å². The standard InChI is InChI=1S/C7H17NO5/c1-8-2-4(10)6(12)7(13)5(11)3-9/h4-13H,2-3H2,1H3/t4-,5+,6-,7-/m0/s1. The van der Waals surface area contributed by atoms with Gasteiger partial charge in [0, 0.05) is 6.54 Å². The molecule has 6 heteroatoms. The van der Waals surface area contributed by atoms with Crippen molar-refractivity contribution in [3.63, 3.8) is 0 Å². The van der Waals surface area contributed by atoms with Gasteiger partial charge in [0.05, 0.1) is 12.7 Å². The summed E-state index contributed by atoms with van der Waals surface area (Å²) in [5, 5.41) is 47.5. The Hall–Kier alpha value is -0.240. The molecule has 0 saturated heterocycles. The topological polar surface area (TPSA) is 113 Å². The Kier molecular flexibility index (Phi) is 6.13. The minimum Gasteiger partial charge on any atom is -0.394 e. The molecule has 6 N–H and O–H groups in total. The molecule has 0 aliphatic heterocycles. The third kappa shape index (κ3) is 3.99. The number of nitrogens with one attached hydrogen (secondary N) is 1. The Morgan fingerprint density at radius 3 is 1.85 bits per heavy atom. The molecule has 0 rings (SSSR count). The SMILES string of the molecule is CNC[C@H](O)[C@H](O)[C@@H](O)[C@H](O)CO. The first-order valence-corrected chi connectivity index (χ1v) is 4.02. The molecule has 0 amide bonds. The number of rotatable bonds is 6. The van der Waals surface area contributed by atoms with Crippen LogP contribution in [0.15, 0.2) is 0 Å². The van der Waals surface area contributed by atoms with Crippen LogP contribution in [-0.4, -0.2) is 70.1 Å². The van der Waals surface area contributed by atoms with E-state index in [0.717, 1.165) is 0 Å². The van der Waals surface area contributed by atoms with Gasteiger partial charge in [0.1, 0.15) is 18.3 Å². The fraction of sp³-hybridized carbons (Fsp3) is 1.00. The molecule has 0 unspecified atom stereocenters. The quantitative estimate of drug-likeness (QED) is 0.264. The summed E-state index contributed by atoms with van der Waals surface area (Å²) >= 11 is 0. The Balaban J connectivity index is 3.99. The van der Waals surface area contributed by atoms with Crippen molar-refractivity contribution in [2.75, 3.05) is 20.2 Å². The highest BCUT2D eigenvalue weighted by Gasteiger charge is 2.29. The molecular formula is C7H17NO5. The van der Waals surface area contributed by atoms with Crippen molar-refractivity contribution in [1.82, 2.24) is 5.32 Å². The molecule has 80 valence electrons. The highest BCUT2D eigenvalue weighted by atomic mass is 16.4. The normalized spacial score (nSPS) is 20.8. The molecule has 4 atom stereocenters. The van der Waals surface area contributed by atoms with E-state index in [1.807, 2.05) is 0 Å². The van der Waals surface area contributed by atoms with Gasteiger partial charge in [0.25, 0.3) is 0 Å². The minimum atomic E-state index is -1.55. The van der Waals surface area contributed by atoms with E-state index in [2.05, 4.69) is 5.32 Å². The molecule has 0 aliphatic rings. The smallest absolute Gasteiger partial charge is 0.111 e. The Morgan fingerprint density at radius 2 is 1.46 bits per heavy atom. The van der Waals surface area contributed by atoms with Gasteiger partial charge < -0.3 is 30.8 Å². The maximum Gasteiger partial charge on any atom is 0.111 e. The highest BCUT2D eigenvalue weighted by Crippen LogP contribution is 2.04. The molecular weight excluding hydrogens is 178 g/mol. The van der Waals surface area contributed by atoms with Crippen LogP contribution in [-0.2, 0) is 0 Å². The van der Waals surface area contributed by atoms with E-state index in [1.165, 1.54) is 0 Å². The molecule has 0 aliphatic carbocycles. The zero-order valence-electron chi connectivity index (χ0n) is 7.46. The molecule has 0 aromatic rings. The molecule has 0 aromatic carbocycles. The van der Waals surface area contributed by atoms with Crippen LogP contribution in [0.1, 0.15) is 0 Å². The molecule has 0 saturated carbocycles. The molecule has 6 nitrogen and oxygen atoms in total. The average molecular weight is 195 g/mol. The largest absolute Gasteiger partial charge is 0.394 e. The Bertz CT molecular complexity index is 134. The van der Waals surface area contributed by atoms with E-state index >= 15 is 0 Å². The lowest BCUT2D eigenvalue weighted by atomic mass is 10.0. The second-order valence-corrected chi connectivity index (χ2v) is 2.86. The van der Waals surface area contributed by atoms with Gasteiger partial charge in [-0.1, -0.05) is 0 Å². The molecule has 0 bridgehead atoms. The average Bonchev–Trinajstić information content (AvgIpc) is 2.14. The van der Waals surface area contributed by atoms with Crippen LogP contribution < -0.4 is 5.32 Å². The zero-order valence-corrected chi connectivity index (χ0v) is 7.46. The van der Waals surface area contributed by atoms with Gasteiger partial charge in [-0.25, -0.2) is 0 Å². The lowest BCUT2D eigenvalue weighted by Crippen LogP contribution is -2.48. The Morgan fingerprint density at radius 1 is 1.00 bits per heavy atom. The third-order valence-corrected chi connectivity index (χ3v) is 1.74. The van der Waals surface area contributed by atoms with Gasteiger partial charge >= 0.3 is 0 Å². The van der Waals surface area contributed by atoms with Crippen LogP contribution >= 0.6 is 0 Å². The lowest BCUT2D eigenvalue weighted by Gasteiger charge is -2.25. The van der Waals surface area contributed by atoms with Crippen molar-refractivity contribution in [2.45, 2.75) is 24.4 Å². The second-order valence-electron chi connectivity index (χ2n) is 2.86. The maximum absolute atomic E-state index is 9.21. The number of hydrogen-bond donors (Lipinski definition) is 6. The molecule has 0 spiro atoms. The van der Waals surface area contributed by atoms with Gasteiger partial charge in [0.15, 0.2) is 0 Å². The molecule has 0 radical (unpaired) electrons. The van der Waals surface area contributed by atoms with Gasteiger partial charge in [-0.15, -0.1) is 0 Å². The first-order valence-electron chi connectivity index (χ1n) is 4.02. The van der Waals surface area contributed by atoms with Crippen molar-refractivity contribution in [1.29, 1.82) is 0 Å². The fourth-order valence-corrected chi connectivity index (χ4v) is 0.893. The van der Waals surface area contributed by atoms with Crippen LogP contribution in [0, 0.1) is 0 Å². The van der Waals surface area contributed by atoms with E-state index < -0.39 is 31.0 Å². The van der Waals surface area contributed by atoms with Crippen molar-refractivity contribution >= 4 is 0 Å². The van der Waals surface area contributed by atoms with Crippen molar-refractivity contribution in [3.05, 3.63) is 0 Å². The van der Waals surface area contributed by atoms with Crippen molar-refractivity contribution in [2.24, 2.45) is 0 Å². The molecule has 0 heterocycles. The number of likely N-dealkylation sites (N-methyl/N-ethyl adjacent to an activating group) is 1. The number of aliphatic hydroxyl groups excluding tert-OH is 5. The van der Waals surface area contributed by atoms with Crippen LogP contribution in [0.25, 0.3) is 0 Å².